The van der Waals surface area contributed by atoms with Gasteiger partial charge in [-0.25, -0.2) is 4.79 Å². The van der Waals surface area contributed by atoms with Crippen molar-refractivity contribution >= 4 is 23.5 Å². The second-order valence-electron chi connectivity index (χ2n) is 4.45. The molecule has 2 atom stereocenters. The van der Waals surface area contributed by atoms with Gasteiger partial charge in [-0.05, 0) is 19.4 Å². The first kappa shape index (κ1) is 16.5. The van der Waals surface area contributed by atoms with Crippen LogP contribution in [0.3, 0.4) is 0 Å². The van der Waals surface area contributed by atoms with Crippen molar-refractivity contribution in [2.75, 3.05) is 7.11 Å². The maximum Gasteiger partial charge on any atom is 0.330 e. The Kier molecular flexibility index (Phi) is 6.48. The van der Waals surface area contributed by atoms with Crippen LogP contribution < -0.4 is 5.32 Å². The summed E-state index contributed by atoms with van der Waals surface area (Å²) >= 11 is 5.96. The van der Waals surface area contributed by atoms with E-state index < -0.39 is 12.0 Å². The number of benzene rings is 1. The molecule has 0 aliphatic rings. The van der Waals surface area contributed by atoms with Crippen molar-refractivity contribution in [3.63, 3.8) is 0 Å². The summed E-state index contributed by atoms with van der Waals surface area (Å²) in [5.74, 6) is -1.49. The van der Waals surface area contributed by atoms with Crippen molar-refractivity contribution in [3.05, 3.63) is 34.9 Å². The Morgan fingerprint density at radius 2 is 2.05 bits per heavy atom. The molecular weight excluding hydrogens is 282 g/mol. The fraction of sp³-hybridized carbons (Fsp3) is 0.429. The third kappa shape index (κ3) is 4.83. The molecule has 2 N–H and O–H groups in total. The largest absolute Gasteiger partial charge is 0.479 e. The number of carboxylic acid groups (broad SMARTS) is 1. The summed E-state index contributed by atoms with van der Waals surface area (Å²) in [6.45, 7) is 1.84. The Balaban J connectivity index is 2.72. The molecule has 1 rings (SSSR count). The lowest BCUT2D eigenvalue weighted by Gasteiger charge is -2.17. The minimum absolute atomic E-state index is 0.0515. The van der Waals surface area contributed by atoms with Gasteiger partial charge >= 0.3 is 5.97 Å². The van der Waals surface area contributed by atoms with E-state index in [2.05, 4.69) is 5.32 Å². The van der Waals surface area contributed by atoms with Gasteiger partial charge in [0.1, 0.15) is 0 Å². The molecule has 6 heteroatoms. The highest BCUT2D eigenvalue weighted by Crippen LogP contribution is 2.23. The van der Waals surface area contributed by atoms with Gasteiger partial charge in [-0.15, -0.1) is 0 Å². The fourth-order valence-electron chi connectivity index (χ4n) is 1.67. The molecule has 0 aliphatic carbocycles. The van der Waals surface area contributed by atoms with Crippen LogP contribution in [0, 0.1) is 0 Å². The van der Waals surface area contributed by atoms with E-state index in [4.69, 9.17) is 16.3 Å². The van der Waals surface area contributed by atoms with Gasteiger partial charge < -0.3 is 15.2 Å². The molecule has 0 bridgehead atoms. The van der Waals surface area contributed by atoms with Crippen LogP contribution in [-0.4, -0.2) is 30.2 Å². The summed E-state index contributed by atoms with van der Waals surface area (Å²) in [5.41, 5.74) is 0.370. The zero-order valence-electron chi connectivity index (χ0n) is 11.4. The second-order valence-corrected chi connectivity index (χ2v) is 4.85. The molecule has 0 radical (unpaired) electrons. The summed E-state index contributed by atoms with van der Waals surface area (Å²) in [4.78, 5) is 23.1. The number of carbonyl (C=O) groups is 2. The quantitative estimate of drug-likeness (QED) is 0.810. The smallest absolute Gasteiger partial charge is 0.330 e. The van der Waals surface area contributed by atoms with Crippen molar-refractivity contribution in [3.8, 4) is 0 Å². The Bertz CT molecular complexity index is 478. The van der Waals surface area contributed by atoms with E-state index in [1.807, 2.05) is 6.92 Å². The molecular formula is C14H18ClNO4. The number of hydrogen-bond acceptors (Lipinski definition) is 3. The molecule has 20 heavy (non-hydrogen) atoms. The van der Waals surface area contributed by atoms with Crippen LogP contribution in [0.25, 0.3) is 0 Å². The summed E-state index contributed by atoms with van der Waals surface area (Å²) < 4.78 is 5.04. The van der Waals surface area contributed by atoms with Gasteiger partial charge in [-0.3, -0.25) is 4.79 Å². The van der Waals surface area contributed by atoms with Gasteiger partial charge in [-0.1, -0.05) is 29.8 Å². The standard InChI is InChI=1S/C14H18ClNO4/c1-9(20-2)7-8-12(17)16-13(14(18)19)10-5-3-4-6-11(10)15/h3-6,9,13H,7-8H2,1-2H3,(H,16,17)(H,18,19)/t9?,13-/m1/s1. The summed E-state index contributed by atoms with van der Waals surface area (Å²) in [6, 6.07) is 5.41. The molecule has 0 fully saturated rings. The summed E-state index contributed by atoms with van der Waals surface area (Å²) in [7, 11) is 1.56. The first-order valence-corrected chi connectivity index (χ1v) is 6.63. The molecule has 1 aromatic rings. The van der Waals surface area contributed by atoms with Crippen molar-refractivity contribution < 1.29 is 19.4 Å². The fourth-order valence-corrected chi connectivity index (χ4v) is 1.91. The van der Waals surface area contributed by atoms with E-state index in [0.29, 0.717) is 17.0 Å². The van der Waals surface area contributed by atoms with Crippen LogP contribution in [0.5, 0.6) is 0 Å². The van der Waals surface area contributed by atoms with E-state index in [0.717, 1.165) is 0 Å². The molecule has 110 valence electrons. The molecule has 0 aromatic heterocycles. The molecule has 0 heterocycles. The van der Waals surface area contributed by atoms with Crippen LogP contribution in [0.1, 0.15) is 31.4 Å². The van der Waals surface area contributed by atoms with Gasteiger partial charge in [0, 0.05) is 24.1 Å². The first-order chi connectivity index (χ1) is 9.45. The first-order valence-electron chi connectivity index (χ1n) is 6.25. The Labute approximate surface area is 122 Å². The minimum atomic E-state index is -1.15. The lowest BCUT2D eigenvalue weighted by atomic mass is 10.1. The van der Waals surface area contributed by atoms with Crippen LogP contribution in [-0.2, 0) is 14.3 Å². The highest BCUT2D eigenvalue weighted by molar-refractivity contribution is 6.31. The number of halogens is 1. The van der Waals surface area contributed by atoms with Crippen LogP contribution in [0.4, 0.5) is 0 Å². The van der Waals surface area contributed by atoms with Crippen LogP contribution in [0.2, 0.25) is 5.02 Å². The van der Waals surface area contributed by atoms with Crippen LogP contribution >= 0.6 is 11.6 Å². The molecule has 0 spiro atoms. The van der Waals surface area contributed by atoms with Crippen molar-refractivity contribution in [1.82, 2.24) is 5.32 Å². The SMILES string of the molecule is COC(C)CCC(=O)N[C@@H](C(=O)O)c1ccccc1Cl. The maximum atomic E-state index is 11.8. The van der Waals surface area contributed by atoms with Gasteiger partial charge in [0.15, 0.2) is 6.04 Å². The number of carboxylic acids is 1. The predicted molar refractivity (Wildman–Crippen MR) is 75.7 cm³/mol. The molecule has 1 unspecified atom stereocenters. The Morgan fingerprint density at radius 3 is 2.60 bits per heavy atom. The van der Waals surface area contributed by atoms with Crippen molar-refractivity contribution in [2.45, 2.75) is 31.9 Å². The summed E-state index contributed by atoms with van der Waals surface area (Å²) in [5, 5.41) is 12.0. The van der Waals surface area contributed by atoms with E-state index >= 15 is 0 Å². The van der Waals surface area contributed by atoms with E-state index in [1.54, 1.807) is 31.4 Å². The highest BCUT2D eigenvalue weighted by atomic mass is 35.5. The molecule has 0 saturated heterocycles. The number of aliphatic carboxylic acids is 1. The number of nitrogens with one attached hydrogen (secondary N) is 1. The number of amides is 1. The monoisotopic (exact) mass is 299 g/mol. The van der Waals surface area contributed by atoms with Gasteiger partial charge in [0.25, 0.3) is 0 Å². The van der Waals surface area contributed by atoms with Gasteiger partial charge in [0.05, 0.1) is 6.10 Å². The highest BCUT2D eigenvalue weighted by Gasteiger charge is 2.24. The Hall–Kier alpha value is -1.59. The minimum Gasteiger partial charge on any atom is -0.479 e. The molecule has 0 aliphatic heterocycles. The number of ether oxygens (including phenoxy) is 1. The van der Waals surface area contributed by atoms with Crippen molar-refractivity contribution in [2.24, 2.45) is 0 Å². The number of methoxy groups -OCH3 is 1. The molecule has 1 amide bonds. The normalized spacial score (nSPS) is 13.6. The average Bonchev–Trinajstić information content (AvgIpc) is 2.42. The maximum absolute atomic E-state index is 11.8. The number of carbonyl (C=O) groups excluding carboxylic acids is 1. The average molecular weight is 300 g/mol. The lowest BCUT2D eigenvalue weighted by molar-refractivity contribution is -0.142. The molecule has 0 saturated carbocycles. The molecule has 1 aromatic carbocycles. The van der Waals surface area contributed by atoms with E-state index in [-0.39, 0.29) is 18.4 Å². The van der Waals surface area contributed by atoms with Gasteiger partial charge in [-0.2, -0.15) is 0 Å². The zero-order chi connectivity index (χ0) is 15.1. The zero-order valence-corrected chi connectivity index (χ0v) is 12.2. The summed E-state index contributed by atoms with van der Waals surface area (Å²) in [6.07, 6.45) is 0.671. The van der Waals surface area contributed by atoms with Gasteiger partial charge in [0.2, 0.25) is 5.91 Å². The van der Waals surface area contributed by atoms with E-state index in [9.17, 15) is 14.7 Å². The topological polar surface area (TPSA) is 75.6 Å². The van der Waals surface area contributed by atoms with Crippen LogP contribution in [0.15, 0.2) is 24.3 Å². The number of hydrogen-bond donors (Lipinski definition) is 2. The third-order valence-corrected chi connectivity index (χ3v) is 3.29. The number of rotatable bonds is 7. The predicted octanol–water partition coefficient (Wildman–Crippen LogP) is 2.40. The van der Waals surface area contributed by atoms with Crippen molar-refractivity contribution in [1.29, 1.82) is 0 Å². The lowest BCUT2D eigenvalue weighted by Crippen LogP contribution is -2.34. The second kappa shape index (κ2) is 7.87. The molecule has 5 nitrogen and oxygen atoms in total. The Morgan fingerprint density at radius 1 is 1.40 bits per heavy atom. The third-order valence-electron chi connectivity index (χ3n) is 2.95. The van der Waals surface area contributed by atoms with E-state index in [1.165, 1.54) is 0 Å².